The molecule has 0 atom stereocenters. The van der Waals surface area contributed by atoms with Crippen LogP contribution in [0.1, 0.15) is 46.5 Å². The standard InChI is InChI=1S/C15H22BrNO/c1-4-8-15(18)17(13(5-2)6-3)14-10-7-9-12(16)11-14/h7,9-11,13H,4-6,8H2,1-3H3. The third-order valence-electron chi connectivity index (χ3n) is 3.13. The molecule has 0 aliphatic carbocycles. The van der Waals surface area contributed by atoms with Crippen LogP contribution < -0.4 is 4.90 Å². The van der Waals surface area contributed by atoms with E-state index in [2.05, 4.69) is 29.8 Å². The monoisotopic (exact) mass is 311 g/mol. The lowest BCUT2D eigenvalue weighted by molar-refractivity contribution is -0.119. The predicted molar refractivity (Wildman–Crippen MR) is 80.9 cm³/mol. The van der Waals surface area contributed by atoms with Gasteiger partial charge in [-0.05, 0) is 37.5 Å². The van der Waals surface area contributed by atoms with Gasteiger partial charge in [-0.3, -0.25) is 4.79 Å². The topological polar surface area (TPSA) is 20.3 Å². The number of benzene rings is 1. The number of amides is 1. The third kappa shape index (κ3) is 3.84. The fourth-order valence-electron chi connectivity index (χ4n) is 2.17. The van der Waals surface area contributed by atoms with Gasteiger partial charge in [-0.1, -0.05) is 42.8 Å². The number of halogens is 1. The van der Waals surface area contributed by atoms with Gasteiger partial charge in [0.05, 0.1) is 0 Å². The van der Waals surface area contributed by atoms with E-state index in [4.69, 9.17) is 0 Å². The van der Waals surface area contributed by atoms with Crippen molar-refractivity contribution in [1.82, 2.24) is 0 Å². The van der Waals surface area contributed by atoms with Crippen molar-refractivity contribution in [2.75, 3.05) is 4.90 Å². The summed E-state index contributed by atoms with van der Waals surface area (Å²) in [6.45, 7) is 6.32. The van der Waals surface area contributed by atoms with Crippen LogP contribution in [0.3, 0.4) is 0 Å². The van der Waals surface area contributed by atoms with Crippen molar-refractivity contribution in [3.05, 3.63) is 28.7 Å². The van der Waals surface area contributed by atoms with E-state index in [9.17, 15) is 4.79 Å². The second kappa shape index (κ2) is 7.57. The zero-order valence-corrected chi connectivity index (χ0v) is 13.0. The van der Waals surface area contributed by atoms with Gasteiger partial charge in [0.1, 0.15) is 0 Å². The van der Waals surface area contributed by atoms with Crippen LogP contribution in [0.2, 0.25) is 0 Å². The molecule has 1 amide bonds. The lowest BCUT2D eigenvalue weighted by Crippen LogP contribution is -2.39. The minimum Gasteiger partial charge on any atom is -0.309 e. The zero-order chi connectivity index (χ0) is 13.5. The molecule has 0 aromatic heterocycles. The first-order valence-electron chi connectivity index (χ1n) is 6.71. The van der Waals surface area contributed by atoms with Crippen LogP contribution >= 0.6 is 15.9 Å². The Kier molecular flexibility index (Phi) is 6.41. The van der Waals surface area contributed by atoms with E-state index in [1.807, 2.05) is 36.1 Å². The molecule has 0 saturated carbocycles. The van der Waals surface area contributed by atoms with E-state index in [1.165, 1.54) is 0 Å². The molecule has 3 heteroatoms. The largest absolute Gasteiger partial charge is 0.309 e. The highest BCUT2D eigenvalue weighted by atomic mass is 79.9. The average Bonchev–Trinajstić information content (AvgIpc) is 2.35. The van der Waals surface area contributed by atoms with E-state index in [1.54, 1.807) is 0 Å². The molecule has 0 fully saturated rings. The molecule has 1 aromatic carbocycles. The maximum Gasteiger partial charge on any atom is 0.227 e. The molecule has 100 valence electrons. The van der Waals surface area contributed by atoms with Crippen LogP contribution in [0, 0.1) is 0 Å². The summed E-state index contributed by atoms with van der Waals surface area (Å²) >= 11 is 3.47. The number of carbonyl (C=O) groups excluding carboxylic acids is 1. The number of carbonyl (C=O) groups is 1. The van der Waals surface area contributed by atoms with E-state index >= 15 is 0 Å². The van der Waals surface area contributed by atoms with Crippen molar-refractivity contribution in [1.29, 1.82) is 0 Å². The Balaban J connectivity index is 3.07. The van der Waals surface area contributed by atoms with Gasteiger partial charge >= 0.3 is 0 Å². The molecular formula is C15H22BrNO. The van der Waals surface area contributed by atoms with Gasteiger partial charge in [0, 0.05) is 22.6 Å². The fourth-order valence-corrected chi connectivity index (χ4v) is 2.56. The molecule has 1 rings (SSSR count). The Morgan fingerprint density at radius 2 is 1.94 bits per heavy atom. The summed E-state index contributed by atoms with van der Waals surface area (Å²) in [7, 11) is 0. The maximum absolute atomic E-state index is 12.3. The maximum atomic E-state index is 12.3. The van der Waals surface area contributed by atoms with Crippen molar-refractivity contribution in [2.24, 2.45) is 0 Å². The van der Waals surface area contributed by atoms with Gasteiger partial charge < -0.3 is 4.90 Å². The number of nitrogens with zero attached hydrogens (tertiary/aromatic N) is 1. The fraction of sp³-hybridized carbons (Fsp3) is 0.533. The van der Waals surface area contributed by atoms with Gasteiger partial charge in [-0.2, -0.15) is 0 Å². The van der Waals surface area contributed by atoms with Gasteiger partial charge in [0.15, 0.2) is 0 Å². The van der Waals surface area contributed by atoms with Crippen molar-refractivity contribution >= 4 is 27.5 Å². The summed E-state index contributed by atoms with van der Waals surface area (Å²) in [5, 5.41) is 0. The zero-order valence-electron chi connectivity index (χ0n) is 11.4. The van der Waals surface area contributed by atoms with Crippen LogP contribution in [-0.2, 0) is 4.79 Å². The molecule has 0 aliphatic rings. The molecule has 0 spiro atoms. The second-order valence-corrected chi connectivity index (χ2v) is 5.38. The lowest BCUT2D eigenvalue weighted by Gasteiger charge is -2.31. The van der Waals surface area contributed by atoms with Gasteiger partial charge in [0.25, 0.3) is 0 Å². The average molecular weight is 312 g/mol. The molecular weight excluding hydrogens is 290 g/mol. The molecule has 0 unspecified atom stereocenters. The van der Waals surface area contributed by atoms with Crippen molar-refractivity contribution < 1.29 is 4.79 Å². The van der Waals surface area contributed by atoms with Gasteiger partial charge in [-0.25, -0.2) is 0 Å². The highest BCUT2D eigenvalue weighted by Crippen LogP contribution is 2.25. The van der Waals surface area contributed by atoms with Gasteiger partial charge in [-0.15, -0.1) is 0 Å². The molecule has 0 bridgehead atoms. The first kappa shape index (κ1) is 15.2. The Labute approximate surface area is 119 Å². The number of hydrogen-bond donors (Lipinski definition) is 0. The van der Waals surface area contributed by atoms with Crippen LogP contribution in [0.4, 0.5) is 5.69 Å². The summed E-state index contributed by atoms with van der Waals surface area (Å²) in [4.78, 5) is 14.3. The highest BCUT2D eigenvalue weighted by molar-refractivity contribution is 9.10. The molecule has 0 N–H and O–H groups in total. The minimum absolute atomic E-state index is 0.226. The summed E-state index contributed by atoms with van der Waals surface area (Å²) in [6.07, 6.45) is 3.48. The van der Waals surface area contributed by atoms with Crippen LogP contribution in [-0.4, -0.2) is 11.9 Å². The molecule has 18 heavy (non-hydrogen) atoms. The molecule has 0 aliphatic heterocycles. The Hall–Kier alpha value is -0.830. The van der Waals surface area contributed by atoms with E-state index in [0.29, 0.717) is 12.5 Å². The summed E-state index contributed by atoms with van der Waals surface area (Å²) in [5.41, 5.74) is 0.997. The van der Waals surface area contributed by atoms with Crippen molar-refractivity contribution in [2.45, 2.75) is 52.5 Å². The molecule has 1 aromatic rings. The molecule has 0 radical (unpaired) electrons. The van der Waals surface area contributed by atoms with Gasteiger partial charge in [0.2, 0.25) is 5.91 Å². The number of anilines is 1. The lowest BCUT2D eigenvalue weighted by atomic mass is 10.1. The van der Waals surface area contributed by atoms with Crippen LogP contribution in [0.5, 0.6) is 0 Å². The molecule has 0 saturated heterocycles. The summed E-state index contributed by atoms with van der Waals surface area (Å²) in [6, 6.07) is 8.29. The molecule has 2 nitrogen and oxygen atoms in total. The Morgan fingerprint density at radius 3 is 2.44 bits per heavy atom. The number of hydrogen-bond acceptors (Lipinski definition) is 1. The Bertz CT molecular complexity index is 388. The summed E-state index contributed by atoms with van der Waals surface area (Å²) in [5.74, 6) is 0.226. The summed E-state index contributed by atoms with van der Waals surface area (Å²) < 4.78 is 1.01. The second-order valence-electron chi connectivity index (χ2n) is 4.46. The predicted octanol–water partition coefficient (Wildman–Crippen LogP) is 4.77. The number of rotatable bonds is 6. The SMILES string of the molecule is CCCC(=O)N(c1cccc(Br)c1)C(CC)CC. The first-order chi connectivity index (χ1) is 8.63. The first-order valence-corrected chi connectivity index (χ1v) is 7.50. The normalized spacial score (nSPS) is 10.7. The molecule has 0 heterocycles. The Morgan fingerprint density at radius 1 is 1.28 bits per heavy atom. The van der Waals surface area contributed by atoms with Crippen molar-refractivity contribution in [3.63, 3.8) is 0 Å². The highest BCUT2D eigenvalue weighted by Gasteiger charge is 2.22. The van der Waals surface area contributed by atoms with E-state index in [-0.39, 0.29) is 5.91 Å². The van der Waals surface area contributed by atoms with Crippen LogP contribution in [0.25, 0.3) is 0 Å². The van der Waals surface area contributed by atoms with E-state index in [0.717, 1.165) is 29.4 Å². The smallest absolute Gasteiger partial charge is 0.227 e. The van der Waals surface area contributed by atoms with E-state index < -0.39 is 0 Å². The third-order valence-corrected chi connectivity index (χ3v) is 3.62. The van der Waals surface area contributed by atoms with Crippen molar-refractivity contribution in [3.8, 4) is 0 Å². The van der Waals surface area contributed by atoms with Crippen LogP contribution in [0.15, 0.2) is 28.7 Å². The minimum atomic E-state index is 0.226. The quantitative estimate of drug-likeness (QED) is 0.741.